The molecule has 0 spiro atoms. The van der Waals surface area contributed by atoms with Gasteiger partial charge in [0.2, 0.25) is 5.91 Å². The minimum atomic E-state index is 0.0945. The Balaban J connectivity index is 1.35. The molecule has 2 aromatic heterocycles. The highest BCUT2D eigenvalue weighted by molar-refractivity contribution is 5.82. The number of nitrogens with one attached hydrogen (secondary N) is 1. The van der Waals surface area contributed by atoms with E-state index in [0.717, 1.165) is 37.4 Å². The van der Waals surface area contributed by atoms with E-state index in [-0.39, 0.29) is 11.8 Å². The smallest absolute Gasteiger partial charge is 0.226 e. The van der Waals surface area contributed by atoms with Crippen LogP contribution in [0.3, 0.4) is 0 Å². The number of nitrogens with zero attached hydrogens (tertiary/aromatic N) is 4. The second kappa shape index (κ2) is 6.18. The molecule has 122 valence electrons. The normalized spacial score (nSPS) is 20.3. The molecular weight excluding hydrogens is 290 g/mol. The predicted molar refractivity (Wildman–Crippen MR) is 88.3 cm³/mol. The summed E-state index contributed by atoms with van der Waals surface area (Å²) in [7, 11) is 0. The van der Waals surface area contributed by atoms with Gasteiger partial charge in [-0.25, -0.2) is 4.98 Å². The first-order valence-corrected chi connectivity index (χ1v) is 8.65. The number of carbonyl (C=O) groups excluding carboxylic acids is 1. The Morgan fingerprint density at radius 2 is 1.87 bits per heavy atom. The van der Waals surface area contributed by atoms with Gasteiger partial charge in [-0.1, -0.05) is 25.7 Å². The van der Waals surface area contributed by atoms with Crippen molar-refractivity contribution in [3.8, 4) is 0 Å². The van der Waals surface area contributed by atoms with Crippen LogP contribution in [0.15, 0.2) is 24.5 Å². The lowest BCUT2D eigenvalue weighted by atomic mass is 9.98. The third kappa shape index (κ3) is 2.90. The number of hydrogen-bond acceptors (Lipinski definition) is 4. The largest absolute Gasteiger partial charge is 0.355 e. The fourth-order valence-electron chi connectivity index (χ4n) is 3.64. The van der Waals surface area contributed by atoms with Gasteiger partial charge in [0, 0.05) is 31.4 Å². The van der Waals surface area contributed by atoms with Gasteiger partial charge in [-0.05, 0) is 18.9 Å². The molecule has 4 rings (SSSR count). The number of aromatic nitrogens is 3. The van der Waals surface area contributed by atoms with Crippen LogP contribution in [0.4, 0.5) is 5.82 Å². The van der Waals surface area contributed by atoms with Crippen molar-refractivity contribution < 1.29 is 4.79 Å². The van der Waals surface area contributed by atoms with Crippen molar-refractivity contribution in [3.05, 3.63) is 24.5 Å². The average Bonchev–Trinajstić information content (AvgIpc) is 2.84. The number of carbonyl (C=O) groups is 1. The lowest BCUT2D eigenvalue weighted by Crippen LogP contribution is -2.55. The maximum Gasteiger partial charge on any atom is 0.226 e. The molecule has 3 heterocycles. The first-order chi connectivity index (χ1) is 11.3. The molecule has 1 saturated heterocycles. The molecule has 0 radical (unpaired) electrons. The summed E-state index contributed by atoms with van der Waals surface area (Å²) < 4.78 is 1.83. The highest BCUT2D eigenvalue weighted by Gasteiger charge is 2.34. The zero-order chi connectivity index (χ0) is 15.6. The van der Waals surface area contributed by atoms with Crippen LogP contribution in [0.5, 0.6) is 0 Å². The van der Waals surface area contributed by atoms with Crippen LogP contribution >= 0.6 is 0 Å². The number of amides is 1. The van der Waals surface area contributed by atoms with Crippen LogP contribution in [0, 0.1) is 5.92 Å². The van der Waals surface area contributed by atoms with Gasteiger partial charge in [0.05, 0.1) is 12.1 Å². The maximum absolute atomic E-state index is 12.4. The fraction of sp³-hybridized carbons (Fsp3) is 0.588. The minimum absolute atomic E-state index is 0.0945. The maximum atomic E-state index is 12.4. The Morgan fingerprint density at radius 3 is 2.65 bits per heavy atom. The molecule has 0 bridgehead atoms. The highest BCUT2D eigenvalue weighted by atomic mass is 16.2. The molecule has 2 aromatic rings. The van der Waals surface area contributed by atoms with E-state index in [9.17, 15) is 4.79 Å². The van der Waals surface area contributed by atoms with Gasteiger partial charge in [0.1, 0.15) is 5.82 Å². The first kappa shape index (κ1) is 14.5. The second-order valence-electron chi connectivity index (χ2n) is 6.70. The summed E-state index contributed by atoms with van der Waals surface area (Å²) >= 11 is 0. The Labute approximate surface area is 135 Å². The lowest BCUT2D eigenvalue weighted by molar-refractivity contribution is -0.126. The van der Waals surface area contributed by atoms with Crippen LogP contribution in [0.1, 0.15) is 38.5 Å². The summed E-state index contributed by atoms with van der Waals surface area (Å²) in [6, 6.07) is 4.23. The number of fused-ring (bicyclic) bond motifs is 1. The van der Waals surface area contributed by atoms with Crippen molar-refractivity contribution in [3.63, 3.8) is 0 Å². The summed E-state index contributed by atoms with van der Waals surface area (Å²) in [6.45, 7) is 1.52. The topological polar surface area (TPSA) is 62.5 Å². The molecule has 1 N–H and O–H groups in total. The van der Waals surface area contributed by atoms with Crippen LogP contribution in [-0.4, -0.2) is 39.6 Å². The second-order valence-corrected chi connectivity index (χ2v) is 6.70. The summed E-state index contributed by atoms with van der Waals surface area (Å²) in [6.07, 6.45) is 10.9. The highest BCUT2D eigenvalue weighted by Crippen LogP contribution is 2.25. The van der Waals surface area contributed by atoms with Gasteiger partial charge >= 0.3 is 0 Å². The SMILES string of the molecule is O=C(NC1CCCCCC1)C1CN(c2ccnc3ccnn23)C1. The zero-order valence-corrected chi connectivity index (χ0v) is 13.3. The van der Waals surface area contributed by atoms with Crippen molar-refractivity contribution in [2.75, 3.05) is 18.0 Å². The van der Waals surface area contributed by atoms with Crippen molar-refractivity contribution in [2.45, 2.75) is 44.6 Å². The van der Waals surface area contributed by atoms with Crippen molar-refractivity contribution in [2.24, 2.45) is 5.92 Å². The van der Waals surface area contributed by atoms with E-state index in [0.29, 0.717) is 6.04 Å². The van der Waals surface area contributed by atoms with E-state index in [4.69, 9.17) is 0 Å². The Hall–Kier alpha value is -2.11. The van der Waals surface area contributed by atoms with E-state index < -0.39 is 0 Å². The van der Waals surface area contributed by atoms with E-state index in [2.05, 4.69) is 20.3 Å². The molecule has 23 heavy (non-hydrogen) atoms. The fourth-order valence-corrected chi connectivity index (χ4v) is 3.64. The van der Waals surface area contributed by atoms with E-state index in [1.807, 2.05) is 16.6 Å². The van der Waals surface area contributed by atoms with Gasteiger partial charge in [0.25, 0.3) is 0 Å². The van der Waals surface area contributed by atoms with Gasteiger partial charge in [-0.15, -0.1) is 0 Å². The summed E-state index contributed by atoms with van der Waals surface area (Å²) in [5.41, 5.74) is 0.842. The Kier molecular flexibility index (Phi) is 3.89. The molecule has 2 aliphatic rings. The lowest BCUT2D eigenvalue weighted by Gasteiger charge is -2.40. The molecule has 0 atom stereocenters. The van der Waals surface area contributed by atoms with E-state index in [1.54, 1.807) is 12.4 Å². The molecule has 6 nitrogen and oxygen atoms in total. The van der Waals surface area contributed by atoms with Crippen LogP contribution < -0.4 is 10.2 Å². The van der Waals surface area contributed by atoms with Crippen molar-refractivity contribution in [1.29, 1.82) is 0 Å². The van der Waals surface area contributed by atoms with Gasteiger partial charge in [0.15, 0.2) is 5.65 Å². The summed E-state index contributed by atoms with van der Waals surface area (Å²) in [5, 5.41) is 7.57. The summed E-state index contributed by atoms with van der Waals surface area (Å²) in [5.74, 6) is 1.33. The third-order valence-electron chi connectivity index (χ3n) is 5.05. The molecular formula is C17H23N5O. The molecule has 0 unspecified atom stereocenters. The number of rotatable bonds is 3. The van der Waals surface area contributed by atoms with Crippen molar-refractivity contribution in [1.82, 2.24) is 19.9 Å². The van der Waals surface area contributed by atoms with Gasteiger partial charge < -0.3 is 10.2 Å². The zero-order valence-electron chi connectivity index (χ0n) is 13.3. The minimum Gasteiger partial charge on any atom is -0.355 e. The molecule has 0 aromatic carbocycles. The number of anilines is 1. The van der Waals surface area contributed by atoms with E-state index >= 15 is 0 Å². The molecule has 1 aliphatic heterocycles. The number of hydrogen-bond donors (Lipinski definition) is 1. The van der Waals surface area contributed by atoms with Crippen LogP contribution in [-0.2, 0) is 4.79 Å². The third-order valence-corrected chi connectivity index (χ3v) is 5.05. The van der Waals surface area contributed by atoms with Crippen LogP contribution in [0.2, 0.25) is 0 Å². The Bertz CT molecular complexity index is 683. The Morgan fingerprint density at radius 1 is 1.09 bits per heavy atom. The predicted octanol–water partition coefficient (Wildman–Crippen LogP) is 2.00. The average molecular weight is 313 g/mol. The first-order valence-electron chi connectivity index (χ1n) is 8.65. The molecule has 6 heteroatoms. The van der Waals surface area contributed by atoms with E-state index in [1.165, 1.54) is 25.7 Å². The monoisotopic (exact) mass is 313 g/mol. The quantitative estimate of drug-likeness (QED) is 0.881. The standard InChI is InChI=1S/C17H23N5O/c23-17(20-14-5-3-1-2-4-6-14)13-11-21(12-13)16-8-9-18-15-7-10-19-22(15)16/h7-10,13-14H,1-6,11-12H2,(H,20,23). The van der Waals surface area contributed by atoms with Crippen molar-refractivity contribution >= 4 is 17.4 Å². The molecule has 1 saturated carbocycles. The molecule has 1 amide bonds. The molecule has 1 aliphatic carbocycles. The van der Waals surface area contributed by atoms with Crippen LogP contribution in [0.25, 0.3) is 5.65 Å². The molecule has 2 fully saturated rings. The summed E-state index contributed by atoms with van der Waals surface area (Å²) in [4.78, 5) is 18.9. The van der Waals surface area contributed by atoms with Gasteiger partial charge in [-0.2, -0.15) is 9.61 Å². The van der Waals surface area contributed by atoms with Gasteiger partial charge in [-0.3, -0.25) is 4.79 Å².